The maximum atomic E-state index is 2.61. The molecule has 0 radical (unpaired) electrons. The van der Waals surface area contributed by atoms with Crippen molar-refractivity contribution in [3.63, 3.8) is 0 Å². The second-order valence-electron chi connectivity index (χ2n) is 5.86. The molecule has 0 fully saturated rings. The zero-order valence-corrected chi connectivity index (χ0v) is 15.2. The SMILES string of the molecule is CC(C)[SiH2]P([SiH2]C(C)C)[Si](C)(C)C. The lowest BCUT2D eigenvalue weighted by molar-refractivity contribution is 1.07. The zero-order chi connectivity index (χ0) is 10.6. The predicted molar refractivity (Wildman–Crippen MR) is 77.6 cm³/mol. The van der Waals surface area contributed by atoms with E-state index >= 15 is 0 Å². The highest BCUT2D eigenvalue weighted by atomic mass is 31.8. The van der Waals surface area contributed by atoms with E-state index in [2.05, 4.69) is 47.3 Å². The fourth-order valence-corrected chi connectivity index (χ4v) is 40.6. The van der Waals surface area contributed by atoms with E-state index in [1.54, 1.807) is 0 Å². The summed E-state index contributed by atoms with van der Waals surface area (Å²) >= 11 is 0. The van der Waals surface area contributed by atoms with Gasteiger partial charge in [-0.2, -0.15) is 6.57 Å². The highest BCUT2D eigenvalue weighted by Gasteiger charge is 2.27. The van der Waals surface area contributed by atoms with Gasteiger partial charge in [0.25, 0.3) is 0 Å². The van der Waals surface area contributed by atoms with E-state index in [9.17, 15) is 0 Å². The van der Waals surface area contributed by atoms with Gasteiger partial charge in [0.05, 0.1) is 7.74 Å². The van der Waals surface area contributed by atoms with Gasteiger partial charge in [-0.1, -0.05) is 58.4 Å². The molecule has 0 rings (SSSR count). The predicted octanol–water partition coefficient (Wildman–Crippen LogP) is 3.13. The van der Waals surface area contributed by atoms with Gasteiger partial charge in [-0.3, -0.25) is 0 Å². The lowest BCUT2D eigenvalue weighted by Crippen LogP contribution is -2.25. The van der Waals surface area contributed by atoms with Crippen LogP contribution in [-0.4, -0.2) is 26.1 Å². The summed E-state index contributed by atoms with van der Waals surface area (Å²) in [4.78, 5) is 0. The summed E-state index contributed by atoms with van der Waals surface area (Å²) in [6.07, 6.45) is 0. The van der Waals surface area contributed by atoms with Crippen LogP contribution in [0.3, 0.4) is 0 Å². The molecule has 0 bridgehead atoms. The summed E-state index contributed by atoms with van der Waals surface area (Å²) in [6, 6.07) is 0. The molecule has 0 aromatic heterocycles. The maximum Gasteiger partial charge on any atom is 0.0629 e. The Bertz CT molecular complexity index is 130. The molecule has 0 heterocycles. The number of hydrogen-bond donors (Lipinski definition) is 0. The fraction of sp³-hybridized carbons (Fsp3) is 1.00. The van der Waals surface area contributed by atoms with Crippen molar-refractivity contribution < 1.29 is 0 Å². The van der Waals surface area contributed by atoms with Gasteiger partial charge in [0.2, 0.25) is 0 Å². The minimum Gasteiger partial charge on any atom is -0.152 e. The summed E-state index contributed by atoms with van der Waals surface area (Å²) in [5.41, 5.74) is 2.15. The normalized spacial score (nSPS) is 17.3. The van der Waals surface area contributed by atoms with E-state index in [0.717, 1.165) is 11.1 Å². The molecule has 0 aliphatic carbocycles. The molecule has 0 aromatic carbocycles. The van der Waals surface area contributed by atoms with Gasteiger partial charge in [0.1, 0.15) is 0 Å². The van der Waals surface area contributed by atoms with Gasteiger partial charge in [-0.25, -0.2) is 0 Å². The molecule has 13 heavy (non-hydrogen) atoms. The van der Waals surface area contributed by atoms with Crippen LogP contribution in [0, 0.1) is 0 Å². The smallest absolute Gasteiger partial charge is 0.0629 e. The fourth-order valence-electron chi connectivity index (χ4n) is 1.50. The average molecular weight is 251 g/mol. The van der Waals surface area contributed by atoms with Crippen LogP contribution >= 0.6 is 6.57 Å². The summed E-state index contributed by atoms with van der Waals surface area (Å²) in [5.74, 6) is 0. The van der Waals surface area contributed by atoms with Gasteiger partial charge in [0, 0.05) is 18.4 Å². The Labute approximate surface area is 91.2 Å². The second-order valence-corrected chi connectivity index (χ2v) is 34.5. The third-order valence-electron chi connectivity index (χ3n) is 2.12. The summed E-state index contributed by atoms with van der Waals surface area (Å²) in [5, 5.41) is 0. The van der Waals surface area contributed by atoms with E-state index < -0.39 is 7.74 Å². The Balaban J connectivity index is 4.20. The Morgan fingerprint density at radius 2 is 1.15 bits per heavy atom. The van der Waals surface area contributed by atoms with Crippen LogP contribution in [0.4, 0.5) is 0 Å². The molecule has 0 saturated carbocycles. The molecule has 0 amide bonds. The van der Waals surface area contributed by atoms with Crippen LogP contribution in [0.15, 0.2) is 0 Å². The van der Waals surface area contributed by atoms with E-state index in [0.29, 0.717) is 24.9 Å². The molecule has 0 aliphatic heterocycles. The highest BCUT2D eigenvalue weighted by molar-refractivity contribution is 8.28. The van der Waals surface area contributed by atoms with E-state index in [1.165, 1.54) is 0 Å². The van der Waals surface area contributed by atoms with Gasteiger partial charge in [-0.15, -0.1) is 0 Å². The first-order chi connectivity index (χ1) is 5.73. The standard InChI is InChI=1S/C9H27PSi3/c1-8(2)11-10(12-9(3)4)13(5,6)7/h8-9H,11-12H2,1-7H3. The Hall–Kier alpha value is 1.08. The first-order valence-electron chi connectivity index (χ1n) is 5.48. The molecule has 0 aromatic rings. The van der Waals surface area contributed by atoms with Crippen molar-refractivity contribution in [3.8, 4) is 0 Å². The van der Waals surface area contributed by atoms with Crippen molar-refractivity contribution in [2.45, 2.75) is 58.4 Å². The molecule has 0 unspecified atom stereocenters. The average Bonchev–Trinajstić information content (AvgIpc) is 1.81. The monoisotopic (exact) mass is 250 g/mol. The minimum atomic E-state index is -0.724. The molecule has 0 nitrogen and oxygen atoms in total. The number of rotatable bonds is 5. The van der Waals surface area contributed by atoms with Crippen LogP contribution in [0.2, 0.25) is 30.7 Å². The number of hydrogen-bond acceptors (Lipinski definition) is 0. The van der Waals surface area contributed by atoms with E-state index in [-0.39, 0.29) is 0 Å². The summed E-state index contributed by atoms with van der Waals surface area (Å²) < 4.78 is 0. The third-order valence-corrected chi connectivity index (χ3v) is 44.1. The summed E-state index contributed by atoms with van der Waals surface area (Å²) in [7, 11) is -0.121. The molecule has 0 saturated heterocycles. The first kappa shape index (κ1) is 14.1. The maximum absolute atomic E-state index is 2.61. The van der Waals surface area contributed by atoms with Crippen LogP contribution in [0.5, 0.6) is 0 Å². The van der Waals surface area contributed by atoms with E-state index in [1.807, 2.05) is 0 Å². The van der Waals surface area contributed by atoms with Gasteiger partial charge in [-0.05, 0) is 0 Å². The molecule has 0 N–H and O–H groups in total. The molecule has 0 aliphatic rings. The molecule has 4 heteroatoms. The Kier molecular flexibility index (Phi) is 6.33. The van der Waals surface area contributed by atoms with Gasteiger partial charge >= 0.3 is 0 Å². The van der Waals surface area contributed by atoms with Crippen LogP contribution in [-0.2, 0) is 0 Å². The minimum absolute atomic E-state index is 0.301. The van der Waals surface area contributed by atoms with Crippen molar-refractivity contribution in [2.75, 3.05) is 0 Å². The molecule has 0 atom stereocenters. The largest absolute Gasteiger partial charge is 0.152 e. The topological polar surface area (TPSA) is 0 Å². The third kappa shape index (κ3) is 7.06. The van der Waals surface area contributed by atoms with Crippen molar-refractivity contribution in [1.82, 2.24) is 0 Å². The lowest BCUT2D eigenvalue weighted by atomic mass is 10.6. The van der Waals surface area contributed by atoms with Gasteiger partial charge in [0.15, 0.2) is 0 Å². The molecule has 80 valence electrons. The highest BCUT2D eigenvalue weighted by Crippen LogP contribution is 2.47. The quantitative estimate of drug-likeness (QED) is 0.519. The van der Waals surface area contributed by atoms with Crippen LogP contribution < -0.4 is 0 Å². The second kappa shape index (κ2) is 5.84. The van der Waals surface area contributed by atoms with Crippen LogP contribution in [0.25, 0.3) is 0 Å². The van der Waals surface area contributed by atoms with Crippen molar-refractivity contribution in [3.05, 3.63) is 0 Å². The van der Waals surface area contributed by atoms with Crippen molar-refractivity contribution >= 4 is 32.7 Å². The van der Waals surface area contributed by atoms with Crippen LogP contribution in [0.1, 0.15) is 27.7 Å². The summed E-state index contributed by atoms with van der Waals surface area (Å²) in [6.45, 7) is 18.3. The first-order valence-corrected chi connectivity index (χ1v) is 17.0. The Morgan fingerprint density at radius 1 is 0.846 bits per heavy atom. The molecule has 0 spiro atoms. The molecular weight excluding hydrogens is 223 g/mol. The molecular formula is C9H27PSi3. The lowest BCUT2D eigenvalue weighted by Gasteiger charge is -2.32. The van der Waals surface area contributed by atoms with Gasteiger partial charge < -0.3 is 0 Å². The van der Waals surface area contributed by atoms with E-state index in [4.69, 9.17) is 0 Å². The Morgan fingerprint density at radius 3 is 1.31 bits per heavy atom. The zero-order valence-electron chi connectivity index (χ0n) is 10.5. The van der Waals surface area contributed by atoms with Crippen molar-refractivity contribution in [1.29, 1.82) is 0 Å². The van der Waals surface area contributed by atoms with Crippen molar-refractivity contribution in [2.24, 2.45) is 0 Å².